The van der Waals surface area contributed by atoms with Gasteiger partial charge in [-0.2, -0.15) is 0 Å². The van der Waals surface area contributed by atoms with Gasteiger partial charge in [-0.1, -0.05) is 18.2 Å². The molecule has 0 aromatic heterocycles. The van der Waals surface area contributed by atoms with Gasteiger partial charge in [0.05, 0.1) is 13.0 Å². The van der Waals surface area contributed by atoms with Gasteiger partial charge in [0.15, 0.2) is 0 Å². The molecule has 0 aliphatic heterocycles. The highest BCUT2D eigenvalue weighted by Crippen LogP contribution is 2.27. The molecule has 2 amide bonds. The number of carbonyl (C=O) groups is 2. The van der Waals surface area contributed by atoms with Crippen LogP contribution in [0.4, 0.5) is 5.69 Å². The Hall–Kier alpha value is -1.88. The first kappa shape index (κ1) is 13.5. The molecule has 0 bridgehead atoms. The number of benzene rings is 1. The highest BCUT2D eigenvalue weighted by molar-refractivity contribution is 5.93. The molecule has 4 N–H and O–H groups in total. The molecular weight excluding hydrogens is 242 g/mol. The van der Waals surface area contributed by atoms with Crippen LogP contribution in [0.15, 0.2) is 24.3 Å². The van der Waals surface area contributed by atoms with Crippen LogP contribution in [-0.2, 0) is 16.0 Å². The number of hydrogen-bond acceptors (Lipinski definition) is 3. The van der Waals surface area contributed by atoms with E-state index in [9.17, 15) is 9.59 Å². The van der Waals surface area contributed by atoms with Crippen LogP contribution in [0, 0.1) is 5.92 Å². The van der Waals surface area contributed by atoms with Crippen molar-refractivity contribution >= 4 is 17.5 Å². The van der Waals surface area contributed by atoms with Crippen molar-refractivity contribution in [3.63, 3.8) is 0 Å². The van der Waals surface area contributed by atoms with Crippen LogP contribution in [0.25, 0.3) is 0 Å². The van der Waals surface area contributed by atoms with Crippen LogP contribution in [0.3, 0.4) is 0 Å². The average molecular weight is 261 g/mol. The van der Waals surface area contributed by atoms with Crippen LogP contribution >= 0.6 is 0 Å². The Morgan fingerprint density at radius 1 is 1.26 bits per heavy atom. The predicted molar refractivity (Wildman–Crippen MR) is 73.6 cm³/mol. The number of anilines is 1. The monoisotopic (exact) mass is 261 g/mol. The van der Waals surface area contributed by atoms with Gasteiger partial charge in [0.25, 0.3) is 0 Å². The van der Waals surface area contributed by atoms with E-state index >= 15 is 0 Å². The third-order valence-corrected chi connectivity index (χ3v) is 3.07. The molecule has 0 unspecified atom stereocenters. The van der Waals surface area contributed by atoms with Crippen LogP contribution in [-0.4, -0.2) is 24.9 Å². The van der Waals surface area contributed by atoms with Crippen molar-refractivity contribution in [2.45, 2.75) is 19.3 Å². The number of amides is 2. The average Bonchev–Trinajstić information content (AvgIpc) is 3.15. The topological polar surface area (TPSA) is 84.2 Å². The molecule has 1 aromatic rings. The summed E-state index contributed by atoms with van der Waals surface area (Å²) in [6.07, 6.45) is 2.65. The van der Waals surface area contributed by atoms with Crippen molar-refractivity contribution < 1.29 is 9.59 Å². The minimum absolute atomic E-state index is 0.0995. The lowest BCUT2D eigenvalue weighted by molar-refractivity contribution is -0.117. The third kappa shape index (κ3) is 4.71. The van der Waals surface area contributed by atoms with Gasteiger partial charge in [0.2, 0.25) is 11.8 Å². The maximum absolute atomic E-state index is 11.8. The highest BCUT2D eigenvalue weighted by atomic mass is 16.2. The van der Waals surface area contributed by atoms with E-state index in [4.69, 9.17) is 5.73 Å². The molecular formula is C14H19N3O2. The van der Waals surface area contributed by atoms with Gasteiger partial charge >= 0.3 is 0 Å². The predicted octanol–water partition coefficient (Wildman–Crippen LogP) is 0.652. The van der Waals surface area contributed by atoms with E-state index in [0.29, 0.717) is 12.2 Å². The number of para-hydroxylation sites is 1. The largest absolute Gasteiger partial charge is 0.369 e. The van der Waals surface area contributed by atoms with Gasteiger partial charge in [-0.05, 0) is 36.9 Å². The Labute approximate surface area is 112 Å². The summed E-state index contributed by atoms with van der Waals surface area (Å²) in [5, 5.41) is 5.92. The first-order valence-corrected chi connectivity index (χ1v) is 6.52. The lowest BCUT2D eigenvalue weighted by Crippen LogP contribution is -2.30. The molecule has 0 atom stereocenters. The number of nitrogens with one attached hydrogen (secondary N) is 2. The fourth-order valence-electron chi connectivity index (χ4n) is 1.89. The first-order chi connectivity index (χ1) is 9.15. The van der Waals surface area contributed by atoms with Gasteiger partial charge in [0.1, 0.15) is 0 Å². The molecule has 5 heteroatoms. The lowest BCUT2D eigenvalue weighted by Gasteiger charge is -2.10. The van der Waals surface area contributed by atoms with Crippen molar-refractivity contribution in [1.82, 2.24) is 5.32 Å². The second-order valence-corrected chi connectivity index (χ2v) is 4.92. The second kappa shape index (κ2) is 6.33. The first-order valence-electron chi connectivity index (χ1n) is 6.52. The molecule has 102 valence electrons. The summed E-state index contributed by atoms with van der Waals surface area (Å²) in [7, 11) is 0. The molecule has 1 aliphatic carbocycles. The number of nitrogens with two attached hydrogens (primary N) is 1. The summed E-state index contributed by atoms with van der Waals surface area (Å²) in [6.45, 7) is 1.19. The van der Waals surface area contributed by atoms with E-state index in [2.05, 4.69) is 10.6 Å². The summed E-state index contributed by atoms with van der Waals surface area (Å²) in [4.78, 5) is 22.7. The maximum Gasteiger partial charge on any atom is 0.238 e. The van der Waals surface area contributed by atoms with Crippen molar-refractivity contribution in [3.8, 4) is 0 Å². The summed E-state index contributed by atoms with van der Waals surface area (Å²) in [6, 6.07) is 7.20. The third-order valence-electron chi connectivity index (χ3n) is 3.07. The molecule has 1 aromatic carbocycles. The normalized spacial score (nSPS) is 14.1. The van der Waals surface area contributed by atoms with Crippen LogP contribution in [0.2, 0.25) is 0 Å². The molecule has 2 rings (SSSR count). The fraction of sp³-hybridized carbons (Fsp3) is 0.429. The Bertz CT molecular complexity index is 470. The Morgan fingerprint density at radius 2 is 2.00 bits per heavy atom. The molecule has 1 aliphatic rings. The van der Waals surface area contributed by atoms with Crippen molar-refractivity contribution in [1.29, 1.82) is 0 Å². The molecule has 0 saturated heterocycles. The van der Waals surface area contributed by atoms with Crippen LogP contribution in [0.1, 0.15) is 18.4 Å². The SMILES string of the molecule is NC(=O)Cc1ccccc1NC(=O)CNCC1CC1. The van der Waals surface area contributed by atoms with Crippen molar-refractivity contribution in [2.75, 3.05) is 18.4 Å². The molecule has 0 heterocycles. The molecule has 19 heavy (non-hydrogen) atoms. The van der Waals surface area contributed by atoms with E-state index in [-0.39, 0.29) is 12.3 Å². The second-order valence-electron chi connectivity index (χ2n) is 4.92. The molecule has 1 fully saturated rings. The smallest absolute Gasteiger partial charge is 0.238 e. The summed E-state index contributed by atoms with van der Waals surface area (Å²) in [5.74, 6) is 0.237. The minimum Gasteiger partial charge on any atom is -0.369 e. The highest BCUT2D eigenvalue weighted by Gasteiger charge is 2.20. The summed E-state index contributed by atoms with van der Waals surface area (Å²) in [5.41, 5.74) is 6.57. The van der Waals surface area contributed by atoms with Gasteiger partial charge in [-0.3, -0.25) is 9.59 Å². The zero-order chi connectivity index (χ0) is 13.7. The Morgan fingerprint density at radius 3 is 2.68 bits per heavy atom. The minimum atomic E-state index is -0.409. The molecule has 0 spiro atoms. The zero-order valence-corrected chi connectivity index (χ0v) is 10.8. The molecule has 5 nitrogen and oxygen atoms in total. The lowest BCUT2D eigenvalue weighted by atomic mass is 10.1. The fourth-order valence-corrected chi connectivity index (χ4v) is 1.89. The maximum atomic E-state index is 11.8. The Balaban J connectivity index is 1.85. The van der Waals surface area contributed by atoms with Crippen molar-refractivity contribution in [2.24, 2.45) is 11.7 Å². The number of carbonyl (C=O) groups excluding carboxylic acids is 2. The summed E-state index contributed by atoms with van der Waals surface area (Å²) >= 11 is 0. The summed E-state index contributed by atoms with van der Waals surface area (Å²) < 4.78 is 0. The number of primary amides is 1. The Kier molecular flexibility index (Phi) is 4.52. The number of rotatable bonds is 7. The van der Waals surface area contributed by atoms with E-state index in [1.165, 1.54) is 12.8 Å². The van der Waals surface area contributed by atoms with Crippen LogP contribution < -0.4 is 16.4 Å². The number of hydrogen-bond donors (Lipinski definition) is 3. The van der Waals surface area contributed by atoms with Crippen molar-refractivity contribution in [3.05, 3.63) is 29.8 Å². The quantitative estimate of drug-likeness (QED) is 0.674. The molecule has 0 radical (unpaired) electrons. The molecule has 1 saturated carbocycles. The van der Waals surface area contributed by atoms with E-state index in [1.54, 1.807) is 12.1 Å². The van der Waals surface area contributed by atoms with Gasteiger partial charge in [0, 0.05) is 5.69 Å². The van der Waals surface area contributed by atoms with Gasteiger partial charge in [-0.15, -0.1) is 0 Å². The van der Waals surface area contributed by atoms with E-state index in [1.807, 2.05) is 12.1 Å². The standard InChI is InChI=1S/C14H19N3O2/c15-13(18)7-11-3-1-2-4-12(11)17-14(19)9-16-8-10-5-6-10/h1-4,10,16H,5-9H2,(H2,15,18)(H,17,19). The van der Waals surface area contributed by atoms with Gasteiger partial charge < -0.3 is 16.4 Å². The van der Waals surface area contributed by atoms with Crippen LogP contribution in [0.5, 0.6) is 0 Å². The van der Waals surface area contributed by atoms with E-state index in [0.717, 1.165) is 18.0 Å². The van der Waals surface area contributed by atoms with Gasteiger partial charge in [-0.25, -0.2) is 0 Å². The van der Waals surface area contributed by atoms with E-state index < -0.39 is 5.91 Å². The zero-order valence-electron chi connectivity index (χ0n) is 10.8.